The molecule has 15 heavy (non-hydrogen) atoms. The summed E-state index contributed by atoms with van der Waals surface area (Å²) in [7, 11) is 0. The molecule has 0 aromatic carbocycles. The number of likely N-dealkylation sites (tertiary alicyclic amines) is 1. The van der Waals surface area contributed by atoms with Crippen molar-refractivity contribution in [3.8, 4) is 0 Å². The van der Waals surface area contributed by atoms with E-state index in [1.54, 1.807) is 0 Å². The molecule has 1 N–H and O–H groups in total. The second-order valence-electron chi connectivity index (χ2n) is 4.91. The summed E-state index contributed by atoms with van der Waals surface area (Å²) >= 11 is 0. The van der Waals surface area contributed by atoms with E-state index in [0.29, 0.717) is 11.7 Å². The number of Topliss-reactive ketones (excluding diaryl/α,β-unsaturated/α-hetero) is 1. The van der Waals surface area contributed by atoms with E-state index >= 15 is 0 Å². The van der Waals surface area contributed by atoms with Gasteiger partial charge in [-0.2, -0.15) is 0 Å². The van der Waals surface area contributed by atoms with E-state index in [9.17, 15) is 9.90 Å². The molecule has 2 atom stereocenters. The number of ketones is 1. The summed E-state index contributed by atoms with van der Waals surface area (Å²) in [6.45, 7) is 2.25. The first-order valence-electron chi connectivity index (χ1n) is 6.19. The summed E-state index contributed by atoms with van der Waals surface area (Å²) in [5, 5.41) is 9.23. The Bertz CT molecular complexity index is 230. The van der Waals surface area contributed by atoms with E-state index in [0.717, 1.165) is 38.8 Å². The molecular formula is C12H21NO2. The van der Waals surface area contributed by atoms with Crippen molar-refractivity contribution in [1.82, 2.24) is 4.90 Å². The van der Waals surface area contributed by atoms with E-state index in [-0.39, 0.29) is 12.6 Å². The standard InChI is InChI=1S/C12H21NO2/c14-9-10-4-1-2-7-13(8-10)11-5-3-6-12(11)15/h10-11,14H,1-9H2. The Labute approximate surface area is 91.5 Å². The maximum absolute atomic E-state index is 11.7. The van der Waals surface area contributed by atoms with Crippen molar-refractivity contribution in [3.05, 3.63) is 0 Å². The number of aliphatic hydroxyl groups is 1. The molecule has 0 bridgehead atoms. The highest BCUT2D eigenvalue weighted by molar-refractivity contribution is 5.85. The predicted molar refractivity (Wildman–Crippen MR) is 58.6 cm³/mol. The summed E-state index contributed by atoms with van der Waals surface area (Å²) in [5.41, 5.74) is 0. The first-order valence-corrected chi connectivity index (χ1v) is 6.19. The normalized spacial score (nSPS) is 34.3. The molecule has 2 fully saturated rings. The van der Waals surface area contributed by atoms with Crippen LogP contribution in [0.25, 0.3) is 0 Å². The number of carbonyl (C=O) groups excluding carboxylic acids is 1. The zero-order chi connectivity index (χ0) is 10.7. The van der Waals surface area contributed by atoms with Crippen LogP contribution in [0.5, 0.6) is 0 Å². The minimum atomic E-state index is 0.178. The highest BCUT2D eigenvalue weighted by Gasteiger charge is 2.31. The van der Waals surface area contributed by atoms with E-state index < -0.39 is 0 Å². The van der Waals surface area contributed by atoms with Gasteiger partial charge in [0.25, 0.3) is 0 Å². The summed E-state index contributed by atoms with van der Waals surface area (Å²) in [6, 6.07) is 0.178. The van der Waals surface area contributed by atoms with Gasteiger partial charge in [-0.25, -0.2) is 0 Å². The molecule has 1 saturated carbocycles. The molecule has 3 nitrogen and oxygen atoms in total. The van der Waals surface area contributed by atoms with Crippen molar-refractivity contribution in [1.29, 1.82) is 0 Å². The third kappa shape index (κ3) is 2.58. The van der Waals surface area contributed by atoms with E-state index in [1.807, 2.05) is 0 Å². The molecule has 0 radical (unpaired) electrons. The number of aliphatic hydroxyl groups excluding tert-OH is 1. The fourth-order valence-electron chi connectivity index (χ4n) is 2.88. The molecule has 0 amide bonds. The number of rotatable bonds is 2. The lowest BCUT2D eigenvalue weighted by Gasteiger charge is -2.28. The van der Waals surface area contributed by atoms with E-state index in [4.69, 9.17) is 0 Å². The van der Waals surface area contributed by atoms with Gasteiger partial charge in [0.15, 0.2) is 0 Å². The molecule has 1 aliphatic carbocycles. The van der Waals surface area contributed by atoms with E-state index in [2.05, 4.69) is 4.90 Å². The van der Waals surface area contributed by atoms with Gasteiger partial charge in [0, 0.05) is 19.6 Å². The Hall–Kier alpha value is -0.410. The van der Waals surface area contributed by atoms with Crippen LogP contribution in [0.3, 0.4) is 0 Å². The monoisotopic (exact) mass is 211 g/mol. The highest BCUT2D eigenvalue weighted by Crippen LogP contribution is 2.25. The van der Waals surface area contributed by atoms with Crippen LogP contribution < -0.4 is 0 Å². The van der Waals surface area contributed by atoms with Crippen molar-refractivity contribution >= 4 is 5.78 Å². The minimum Gasteiger partial charge on any atom is -0.396 e. The van der Waals surface area contributed by atoms with Crippen LogP contribution in [0.1, 0.15) is 38.5 Å². The molecule has 1 heterocycles. The third-order valence-corrected chi connectivity index (χ3v) is 3.77. The van der Waals surface area contributed by atoms with Gasteiger partial charge in [-0.15, -0.1) is 0 Å². The highest BCUT2D eigenvalue weighted by atomic mass is 16.3. The Morgan fingerprint density at radius 2 is 2.13 bits per heavy atom. The molecule has 1 saturated heterocycles. The van der Waals surface area contributed by atoms with Crippen molar-refractivity contribution in [2.24, 2.45) is 5.92 Å². The number of nitrogens with zero attached hydrogens (tertiary/aromatic N) is 1. The Balaban J connectivity index is 1.97. The van der Waals surface area contributed by atoms with Gasteiger partial charge in [-0.3, -0.25) is 9.69 Å². The second kappa shape index (κ2) is 5.08. The quantitative estimate of drug-likeness (QED) is 0.746. The lowest BCUT2D eigenvalue weighted by atomic mass is 10.0. The first kappa shape index (κ1) is 11.1. The Kier molecular flexibility index (Phi) is 3.76. The smallest absolute Gasteiger partial charge is 0.149 e. The maximum atomic E-state index is 11.7. The van der Waals surface area contributed by atoms with Gasteiger partial charge in [-0.1, -0.05) is 6.42 Å². The van der Waals surface area contributed by atoms with Crippen molar-refractivity contribution in [3.63, 3.8) is 0 Å². The van der Waals surface area contributed by atoms with Crippen molar-refractivity contribution < 1.29 is 9.90 Å². The molecule has 0 spiro atoms. The summed E-state index contributed by atoms with van der Waals surface area (Å²) in [4.78, 5) is 14.0. The van der Waals surface area contributed by atoms with Crippen LogP contribution in [-0.4, -0.2) is 41.5 Å². The average Bonchev–Trinajstić information content (AvgIpc) is 2.54. The lowest BCUT2D eigenvalue weighted by Crippen LogP contribution is -2.41. The van der Waals surface area contributed by atoms with Gasteiger partial charge in [-0.05, 0) is 38.1 Å². The van der Waals surface area contributed by atoms with Gasteiger partial charge >= 0.3 is 0 Å². The van der Waals surface area contributed by atoms with Gasteiger partial charge in [0.2, 0.25) is 0 Å². The lowest BCUT2D eigenvalue weighted by molar-refractivity contribution is -0.122. The molecule has 86 valence electrons. The van der Waals surface area contributed by atoms with Crippen LogP contribution in [0.15, 0.2) is 0 Å². The molecular weight excluding hydrogens is 190 g/mol. The summed E-state index contributed by atoms with van der Waals surface area (Å²) < 4.78 is 0. The van der Waals surface area contributed by atoms with Crippen LogP contribution in [0, 0.1) is 5.92 Å². The molecule has 1 aliphatic heterocycles. The number of hydrogen-bond donors (Lipinski definition) is 1. The molecule has 0 aromatic heterocycles. The predicted octanol–water partition coefficient (Wildman–Crippen LogP) is 1.20. The fourth-order valence-corrected chi connectivity index (χ4v) is 2.88. The zero-order valence-corrected chi connectivity index (χ0v) is 9.32. The first-order chi connectivity index (χ1) is 7.31. The molecule has 0 aromatic rings. The Morgan fingerprint density at radius 1 is 1.27 bits per heavy atom. The van der Waals surface area contributed by atoms with Crippen LogP contribution in [0.2, 0.25) is 0 Å². The average molecular weight is 211 g/mol. The maximum Gasteiger partial charge on any atom is 0.149 e. The molecule has 3 heteroatoms. The number of carbonyl (C=O) groups is 1. The Morgan fingerprint density at radius 3 is 2.80 bits per heavy atom. The zero-order valence-electron chi connectivity index (χ0n) is 9.32. The largest absolute Gasteiger partial charge is 0.396 e. The third-order valence-electron chi connectivity index (χ3n) is 3.77. The van der Waals surface area contributed by atoms with Gasteiger partial charge in [0.1, 0.15) is 5.78 Å². The second-order valence-corrected chi connectivity index (χ2v) is 4.91. The summed E-state index contributed by atoms with van der Waals surface area (Å²) in [5.74, 6) is 0.814. The SMILES string of the molecule is O=C1CCCC1N1CCCCC(CO)C1. The molecule has 2 rings (SSSR count). The van der Waals surface area contributed by atoms with Crippen LogP contribution in [0.4, 0.5) is 0 Å². The van der Waals surface area contributed by atoms with Crippen LogP contribution >= 0.6 is 0 Å². The topological polar surface area (TPSA) is 40.5 Å². The fraction of sp³-hybridized carbons (Fsp3) is 0.917. The van der Waals surface area contributed by atoms with Crippen molar-refractivity contribution in [2.45, 2.75) is 44.6 Å². The van der Waals surface area contributed by atoms with Crippen LogP contribution in [-0.2, 0) is 4.79 Å². The van der Waals surface area contributed by atoms with E-state index in [1.165, 1.54) is 12.8 Å². The molecule has 2 aliphatic rings. The van der Waals surface area contributed by atoms with Gasteiger partial charge < -0.3 is 5.11 Å². The molecule has 2 unspecified atom stereocenters. The number of hydrogen-bond acceptors (Lipinski definition) is 3. The van der Waals surface area contributed by atoms with Gasteiger partial charge in [0.05, 0.1) is 6.04 Å². The minimum absolute atomic E-state index is 0.178. The van der Waals surface area contributed by atoms with Crippen molar-refractivity contribution in [2.75, 3.05) is 19.7 Å². The summed E-state index contributed by atoms with van der Waals surface area (Å²) in [6.07, 6.45) is 6.36.